The van der Waals surface area contributed by atoms with Gasteiger partial charge < -0.3 is 20.3 Å². The molecule has 1 saturated heterocycles. The molecule has 1 aliphatic carbocycles. The fourth-order valence-electron chi connectivity index (χ4n) is 6.61. The van der Waals surface area contributed by atoms with Crippen molar-refractivity contribution < 1.29 is 23.9 Å². The Labute approximate surface area is 306 Å². The third-order valence-electron chi connectivity index (χ3n) is 9.57. The molecule has 0 unspecified atom stereocenters. The van der Waals surface area contributed by atoms with Crippen LogP contribution >= 0.6 is 11.9 Å². The summed E-state index contributed by atoms with van der Waals surface area (Å²) in [7, 11) is 0. The molecule has 10 nitrogen and oxygen atoms in total. The van der Waals surface area contributed by atoms with Crippen molar-refractivity contribution in [2.24, 2.45) is 5.92 Å². The van der Waals surface area contributed by atoms with Crippen molar-refractivity contribution in [1.82, 2.24) is 19.8 Å². The Morgan fingerprint density at radius 1 is 0.824 bits per heavy atom. The molecule has 3 N–H and O–H groups in total. The van der Waals surface area contributed by atoms with Gasteiger partial charge in [-0.15, -0.1) is 0 Å². The van der Waals surface area contributed by atoms with E-state index in [0.717, 1.165) is 37.1 Å². The Morgan fingerprint density at radius 3 is 2.02 bits per heavy atom. The van der Waals surface area contributed by atoms with Crippen molar-refractivity contribution in [2.45, 2.75) is 83.2 Å². The summed E-state index contributed by atoms with van der Waals surface area (Å²) in [6.07, 6.45) is 1.44. The summed E-state index contributed by atoms with van der Waals surface area (Å²) in [5.41, 5.74) is 4.44. The Balaban J connectivity index is 1.23. The molecule has 3 aromatic carbocycles. The van der Waals surface area contributed by atoms with Crippen molar-refractivity contribution in [2.75, 3.05) is 31.5 Å². The zero-order chi connectivity index (χ0) is 36.6. The zero-order valence-corrected chi connectivity index (χ0v) is 31.2. The summed E-state index contributed by atoms with van der Waals surface area (Å²) in [5, 5.41) is 6.02. The second kappa shape index (κ2) is 16.8. The fraction of sp³-hybridized carbons (Fsp3) is 0.450. The van der Waals surface area contributed by atoms with Crippen molar-refractivity contribution in [3.8, 4) is 0 Å². The predicted molar refractivity (Wildman–Crippen MR) is 202 cm³/mol. The minimum absolute atomic E-state index is 0.0664. The van der Waals surface area contributed by atoms with E-state index in [1.165, 1.54) is 16.7 Å². The van der Waals surface area contributed by atoms with Crippen LogP contribution in [0.25, 0.3) is 0 Å². The minimum atomic E-state index is -1.01. The molecule has 0 bridgehead atoms. The van der Waals surface area contributed by atoms with Crippen LogP contribution in [0.15, 0.2) is 78.9 Å². The molecule has 2 atom stereocenters. The number of piperazine rings is 1. The molecule has 51 heavy (non-hydrogen) atoms. The fourth-order valence-corrected chi connectivity index (χ4v) is 7.42. The van der Waals surface area contributed by atoms with E-state index in [-0.39, 0.29) is 30.1 Å². The molecule has 1 aliphatic heterocycles. The summed E-state index contributed by atoms with van der Waals surface area (Å²) in [6, 6.07) is 25.2. The maximum absolute atomic E-state index is 14.1. The summed E-state index contributed by atoms with van der Waals surface area (Å²) in [6.45, 7) is 12.6. The molecular formula is C40H51N5O5S. The van der Waals surface area contributed by atoms with Gasteiger partial charge in [-0.2, -0.15) is 0 Å². The summed E-state index contributed by atoms with van der Waals surface area (Å²) in [4.78, 5) is 57.1. The highest BCUT2D eigenvalue weighted by Gasteiger charge is 2.46. The number of nitrogens with zero attached hydrogens (tertiary/aromatic N) is 2. The molecular weight excluding hydrogens is 663 g/mol. The normalized spacial score (nSPS) is 16.8. The van der Waals surface area contributed by atoms with Gasteiger partial charge in [-0.25, -0.2) is 4.79 Å². The molecule has 4 amide bonds. The van der Waals surface area contributed by atoms with Crippen molar-refractivity contribution in [1.29, 1.82) is 0 Å². The molecule has 11 heteroatoms. The SMILES string of the molecule is CCC(=O)N[C@H](Cc1ccc(NC(=O)[C@](C)(SNC(=O)OC(C)(C)C)C2Cc3ccccc3C2)cc1)C(=O)N1CCN(Cc2ccccc2)CC1. The highest BCUT2D eigenvalue weighted by Crippen LogP contribution is 2.41. The highest BCUT2D eigenvalue weighted by molar-refractivity contribution is 8.00. The second-order valence-electron chi connectivity index (χ2n) is 14.6. The topological polar surface area (TPSA) is 120 Å². The number of fused-ring (bicyclic) bond motifs is 1. The van der Waals surface area contributed by atoms with Crippen LogP contribution < -0.4 is 15.4 Å². The van der Waals surface area contributed by atoms with Crippen molar-refractivity contribution >= 4 is 41.5 Å². The first-order valence-corrected chi connectivity index (χ1v) is 18.6. The summed E-state index contributed by atoms with van der Waals surface area (Å²) < 4.78 is 7.22. The highest BCUT2D eigenvalue weighted by atomic mass is 32.2. The first-order valence-electron chi connectivity index (χ1n) is 17.8. The summed E-state index contributed by atoms with van der Waals surface area (Å²) in [5.74, 6) is -0.561. The number of carbonyl (C=O) groups excluding carboxylic acids is 4. The van der Waals surface area contributed by atoms with Gasteiger partial charge >= 0.3 is 6.09 Å². The van der Waals surface area contributed by atoms with Gasteiger partial charge in [-0.05, 0) is 92.8 Å². The van der Waals surface area contributed by atoms with E-state index in [1.807, 2.05) is 66.4 Å². The first kappa shape index (κ1) is 37.9. The Bertz CT molecular complexity index is 1650. The number of amides is 4. The number of anilines is 1. The van der Waals surface area contributed by atoms with Crippen LogP contribution in [0.5, 0.6) is 0 Å². The Morgan fingerprint density at radius 2 is 1.43 bits per heavy atom. The number of carbonyl (C=O) groups is 4. The average Bonchev–Trinajstić information content (AvgIpc) is 3.56. The lowest BCUT2D eigenvalue weighted by Crippen LogP contribution is -2.55. The second-order valence-corrected chi connectivity index (χ2v) is 15.9. The van der Waals surface area contributed by atoms with Crippen LogP contribution in [0, 0.1) is 5.92 Å². The molecule has 0 radical (unpaired) electrons. The largest absolute Gasteiger partial charge is 0.443 e. The minimum Gasteiger partial charge on any atom is -0.443 e. The van der Waals surface area contributed by atoms with E-state index < -0.39 is 22.5 Å². The lowest BCUT2D eigenvalue weighted by atomic mass is 9.89. The van der Waals surface area contributed by atoms with E-state index in [0.29, 0.717) is 38.0 Å². The molecule has 2 aliphatic rings. The molecule has 1 fully saturated rings. The van der Waals surface area contributed by atoms with E-state index in [9.17, 15) is 19.2 Å². The average molecular weight is 714 g/mol. The van der Waals surface area contributed by atoms with E-state index >= 15 is 0 Å². The van der Waals surface area contributed by atoms with Crippen LogP contribution in [0.4, 0.5) is 10.5 Å². The molecule has 5 rings (SSSR count). The van der Waals surface area contributed by atoms with Crippen LogP contribution in [-0.4, -0.2) is 76.2 Å². The quantitative estimate of drug-likeness (QED) is 0.205. The van der Waals surface area contributed by atoms with Crippen molar-refractivity contribution in [3.05, 3.63) is 101 Å². The number of ether oxygens (including phenoxy) is 1. The van der Waals surface area contributed by atoms with Gasteiger partial charge in [0.1, 0.15) is 16.4 Å². The predicted octanol–water partition coefficient (Wildman–Crippen LogP) is 5.75. The molecule has 3 aromatic rings. The van der Waals surface area contributed by atoms with Gasteiger partial charge in [0.2, 0.25) is 17.7 Å². The number of hydrogen-bond acceptors (Lipinski definition) is 7. The maximum atomic E-state index is 14.1. The molecule has 0 spiro atoms. The van der Waals surface area contributed by atoms with Crippen LogP contribution in [-0.2, 0) is 44.9 Å². The smallest absolute Gasteiger partial charge is 0.417 e. The zero-order valence-electron chi connectivity index (χ0n) is 30.4. The van der Waals surface area contributed by atoms with E-state index in [4.69, 9.17) is 4.74 Å². The molecule has 272 valence electrons. The van der Waals surface area contributed by atoms with Gasteiger partial charge in [0.15, 0.2) is 0 Å². The maximum Gasteiger partial charge on any atom is 0.417 e. The van der Waals surface area contributed by atoms with Gasteiger partial charge in [0, 0.05) is 51.3 Å². The number of benzene rings is 3. The third kappa shape index (κ3) is 10.4. The standard InChI is InChI=1S/C40H51N5O5S/c1-6-35(46)42-34(36(47)45-22-20-44(21-23-45)27-29-12-8-7-9-13-29)24-28-16-18-33(19-17-28)41-37(48)40(5,51-43-38(49)50-39(2,3)4)32-25-30-14-10-11-15-31(30)26-32/h7-19,32,34H,6,20-27H2,1-5H3,(H,41,48)(H,42,46)(H,43,49)/t34-,40-/m1/s1. The van der Waals surface area contributed by atoms with Gasteiger partial charge in [0.05, 0.1) is 0 Å². The van der Waals surface area contributed by atoms with Gasteiger partial charge in [0.25, 0.3) is 0 Å². The monoisotopic (exact) mass is 713 g/mol. The molecule has 0 aromatic heterocycles. The van der Waals surface area contributed by atoms with Crippen molar-refractivity contribution in [3.63, 3.8) is 0 Å². The summed E-state index contributed by atoms with van der Waals surface area (Å²) >= 11 is 1.08. The van der Waals surface area contributed by atoms with Gasteiger partial charge in [-0.1, -0.05) is 73.7 Å². The third-order valence-corrected chi connectivity index (χ3v) is 10.8. The lowest BCUT2D eigenvalue weighted by molar-refractivity contribution is -0.138. The number of nitrogens with one attached hydrogen (secondary N) is 3. The van der Waals surface area contributed by atoms with Crippen LogP contribution in [0.2, 0.25) is 0 Å². The Hall–Kier alpha value is -4.35. The van der Waals surface area contributed by atoms with Crippen LogP contribution in [0.3, 0.4) is 0 Å². The van der Waals surface area contributed by atoms with Crippen LogP contribution in [0.1, 0.15) is 63.3 Å². The first-order chi connectivity index (χ1) is 24.3. The number of rotatable bonds is 12. The van der Waals surface area contributed by atoms with E-state index in [2.05, 4.69) is 44.5 Å². The number of hydrogen-bond donors (Lipinski definition) is 3. The lowest BCUT2D eigenvalue weighted by Gasteiger charge is -2.36. The Kier molecular flexibility index (Phi) is 12.5. The van der Waals surface area contributed by atoms with E-state index in [1.54, 1.807) is 27.7 Å². The molecule has 1 heterocycles. The molecule has 0 saturated carbocycles. The van der Waals surface area contributed by atoms with Gasteiger partial charge in [-0.3, -0.25) is 24.0 Å².